The van der Waals surface area contributed by atoms with Gasteiger partial charge in [0.2, 0.25) is 17.8 Å². The molecule has 13 heteroatoms. The molecule has 162 valence electrons. The zero-order valence-corrected chi connectivity index (χ0v) is 17.0. The third kappa shape index (κ3) is 7.63. The molecule has 13 nitrogen and oxygen atoms in total. The molecular weight excluding hydrogens is 376 g/mol. The van der Waals surface area contributed by atoms with Crippen LogP contribution in [0.5, 0.6) is 0 Å². The highest BCUT2D eigenvalue weighted by molar-refractivity contribution is 5.45. The van der Waals surface area contributed by atoms with Crippen LogP contribution < -0.4 is 14.7 Å². The average Bonchev–Trinajstić information content (AvgIpc) is 2.71. The third-order valence-electron chi connectivity index (χ3n) is 3.21. The molecule has 0 atom stereocenters. The van der Waals surface area contributed by atoms with E-state index in [0.29, 0.717) is 0 Å². The van der Waals surface area contributed by atoms with Crippen LogP contribution in [0.3, 0.4) is 0 Å². The van der Waals surface area contributed by atoms with Crippen LogP contribution in [0.4, 0.5) is 17.8 Å². The van der Waals surface area contributed by atoms with Crippen molar-refractivity contribution in [2.75, 3.05) is 97.4 Å². The van der Waals surface area contributed by atoms with E-state index in [-0.39, 0.29) is 65.0 Å². The highest BCUT2D eigenvalue weighted by atomic mass is 16.7. The number of aliphatic hydroxyl groups is 1. The smallest absolute Gasteiger partial charge is 0.235 e. The van der Waals surface area contributed by atoms with Crippen LogP contribution in [0.25, 0.3) is 0 Å². The first-order chi connectivity index (χ1) is 13.6. The first-order valence-corrected chi connectivity index (χ1v) is 8.29. The van der Waals surface area contributed by atoms with Gasteiger partial charge in [-0.05, 0) is 0 Å². The zero-order chi connectivity index (χ0) is 20.8. The molecule has 0 bridgehead atoms. The van der Waals surface area contributed by atoms with Crippen molar-refractivity contribution in [1.29, 1.82) is 0 Å². The van der Waals surface area contributed by atoms with Gasteiger partial charge >= 0.3 is 0 Å². The van der Waals surface area contributed by atoms with E-state index in [2.05, 4.69) is 15.0 Å². The molecule has 0 spiro atoms. The highest BCUT2D eigenvalue weighted by Crippen LogP contribution is 2.19. The van der Waals surface area contributed by atoms with E-state index in [0.717, 1.165) is 0 Å². The third-order valence-corrected chi connectivity index (χ3v) is 3.21. The summed E-state index contributed by atoms with van der Waals surface area (Å²) in [6, 6.07) is 0. The number of aliphatic hydroxyl groups excluding tert-OH is 1. The Labute approximate surface area is 164 Å². The molecule has 0 saturated heterocycles. The number of hydrogen-bond acceptors (Lipinski definition) is 13. The Kier molecular flexibility index (Phi) is 12.2. The van der Waals surface area contributed by atoms with Gasteiger partial charge in [-0.15, -0.1) is 0 Å². The predicted molar refractivity (Wildman–Crippen MR) is 99.7 cm³/mol. The maximum Gasteiger partial charge on any atom is 0.235 e. The first-order valence-electron chi connectivity index (χ1n) is 8.29. The van der Waals surface area contributed by atoms with Gasteiger partial charge in [0, 0.05) is 35.5 Å². The number of ether oxygens (including phenoxy) is 6. The quantitative estimate of drug-likeness (QED) is 0.273. The molecule has 0 saturated carbocycles. The molecule has 0 amide bonds. The van der Waals surface area contributed by atoms with Crippen LogP contribution in [0.2, 0.25) is 0 Å². The minimum Gasteiger partial charge on any atom is -0.376 e. The second-order valence-electron chi connectivity index (χ2n) is 5.41. The van der Waals surface area contributed by atoms with Gasteiger partial charge < -0.3 is 33.5 Å². The summed E-state index contributed by atoms with van der Waals surface area (Å²) >= 11 is 0. The van der Waals surface area contributed by atoms with Crippen molar-refractivity contribution >= 4 is 17.8 Å². The molecule has 0 unspecified atom stereocenters. The van der Waals surface area contributed by atoms with E-state index < -0.39 is 0 Å². The maximum atomic E-state index is 9.66. The molecule has 0 aliphatic rings. The Bertz CT molecular complexity index is 536. The predicted octanol–water partition coefficient (Wildman–Crippen LogP) is -0.766. The summed E-state index contributed by atoms with van der Waals surface area (Å²) in [6.07, 6.45) is 0. The van der Waals surface area contributed by atoms with E-state index in [9.17, 15) is 5.11 Å². The summed E-state index contributed by atoms with van der Waals surface area (Å²) in [4.78, 5) is 18.0. The van der Waals surface area contributed by atoms with Gasteiger partial charge in [0.15, 0.2) is 0 Å². The normalized spacial score (nSPS) is 10.9. The van der Waals surface area contributed by atoms with E-state index in [4.69, 9.17) is 28.4 Å². The second-order valence-corrected chi connectivity index (χ2v) is 5.41. The van der Waals surface area contributed by atoms with Crippen molar-refractivity contribution < 1.29 is 33.5 Å². The molecule has 1 aromatic heterocycles. The molecule has 1 heterocycles. The monoisotopic (exact) mass is 406 g/mol. The van der Waals surface area contributed by atoms with E-state index in [1.807, 2.05) is 0 Å². The Morgan fingerprint density at radius 1 is 0.607 bits per heavy atom. The lowest BCUT2D eigenvalue weighted by Crippen LogP contribution is -2.36. The molecule has 28 heavy (non-hydrogen) atoms. The first kappa shape index (κ1) is 24.2. The lowest BCUT2D eigenvalue weighted by atomic mass is 10.6. The van der Waals surface area contributed by atoms with Crippen molar-refractivity contribution in [1.82, 2.24) is 15.0 Å². The second kappa shape index (κ2) is 14.2. The van der Waals surface area contributed by atoms with E-state index in [1.54, 1.807) is 31.1 Å². The molecule has 0 aliphatic carbocycles. The topological polar surface area (TPSA) is 124 Å². The SMILES string of the molecule is COCOCN(COC)c1nc(N(CO)COC)nc(N(COC)COC)n1. The highest BCUT2D eigenvalue weighted by Gasteiger charge is 2.20. The largest absolute Gasteiger partial charge is 0.376 e. The van der Waals surface area contributed by atoms with Crippen molar-refractivity contribution in [2.24, 2.45) is 0 Å². The fourth-order valence-electron chi connectivity index (χ4n) is 2.09. The molecule has 1 N–H and O–H groups in total. The lowest BCUT2D eigenvalue weighted by molar-refractivity contribution is -0.0346. The van der Waals surface area contributed by atoms with Gasteiger partial charge in [-0.1, -0.05) is 0 Å². The lowest BCUT2D eigenvalue weighted by Gasteiger charge is -2.27. The minimum atomic E-state index is -0.351. The van der Waals surface area contributed by atoms with Crippen LogP contribution in [-0.2, 0) is 28.4 Å². The van der Waals surface area contributed by atoms with Crippen molar-refractivity contribution in [3.63, 3.8) is 0 Å². The van der Waals surface area contributed by atoms with Crippen LogP contribution >= 0.6 is 0 Å². The van der Waals surface area contributed by atoms with Crippen LogP contribution in [-0.4, -0.2) is 103 Å². The van der Waals surface area contributed by atoms with E-state index in [1.165, 1.54) is 19.1 Å². The molecular formula is C15H30N6O7. The summed E-state index contributed by atoms with van der Waals surface area (Å²) in [5.74, 6) is 0.755. The van der Waals surface area contributed by atoms with Crippen LogP contribution in [0.15, 0.2) is 0 Å². The number of methoxy groups -OCH3 is 5. The fraction of sp³-hybridized carbons (Fsp3) is 0.800. The number of hydrogen-bond donors (Lipinski definition) is 1. The van der Waals surface area contributed by atoms with E-state index >= 15 is 0 Å². The standard InChI is InChI=1S/C15H30N6O7/c1-23-7-19(6-22)13-16-14(20(8-24-2)9-25-3)18-15(17-13)21(10-26-4)11-28-12-27-5/h22H,6-12H2,1-5H3. The number of rotatable bonds is 16. The molecule has 1 aromatic rings. The van der Waals surface area contributed by atoms with Crippen molar-refractivity contribution in [2.45, 2.75) is 0 Å². The minimum absolute atomic E-state index is 0.0817. The zero-order valence-electron chi connectivity index (χ0n) is 17.0. The van der Waals surface area contributed by atoms with Gasteiger partial charge in [-0.3, -0.25) is 14.7 Å². The Hall–Kier alpha value is -1.87. The average molecular weight is 406 g/mol. The van der Waals surface area contributed by atoms with Gasteiger partial charge in [-0.2, -0.15) is 15.0 Å². The Balaban J connectivity index is 3.31. The molecule has 0 radical (unpaired) electrons. The van der Waals surface area contributed by atoms with Gasteiger partial charge in [0.05, 0.1) is 0 Å². The van der Waals surface area contributed by atoms with Crippen LogP contribution in [0, 0.1) is 0 Å². The van der Waals surface area contributed by atoms with Gasteiger partial charge in [0.1, 0.15) is 47.2 Å². The number of nitrogens with zero attached hydrogens (tertiary/aromatic N) is 6. The number of aromatic nitrogens is 3. The molecule has 1 rings (SSSR count). The summed E-state index contributed by atoms with van der Waals surface area (Å²) < 4.78 is 31.0. The summed E-state index contributed by atoms with van der Waals surface area (Å²) in [6.45, 7) is 0.466. The number of anilines is 3. The van der Waals surface area contributed by atoms with Crippen LogP contribution in [0.1, 0.15) is 0 Å². The Morgan fingerprint density at radius 3 is 1.39 bits per heavy atom. The molecule has 0 aromatic carbocycles. The fourth-order valence-corrected chi connectivity index (χ4v) is 2.09. The molecule has 0 aliphatic heterocycles. The van der Waals surface area contributed by atoms with Crippen molar-refractivity contribution in [3.05, 3.63) is 0 Å². The van der Waals surface area contributed by atoms with Gasteiger partial charge in [0.25, 0.3) is 0 Å². The summed E-state index contributed by atoms with van der Waals surface area (Å²) in [5, 5.41) is 9.66. The maximum absolute atomic E-state index is 9.66. The Morgan fingerprint density at radius 2 is 1.00 bits per heavy atom. The molecule has 0 fully saturated rings. The van der Waals surface area contributed by atoms with Gasteiger partial charge in [-0.25, -0.2) is 0 Å². The van der Waals surface area contributed by atoms with Crippen molar-refractivity contribution in [3.8, 4) is 0 Å². The summed E-state index contributed by atoms with van der Waals surface area (Å²) in [5.41, 5.74) is 0. The summed E-state index contributed by atoms with van der Waals surface area (Å²) in [7, 11) is 7.67.